The van der Waals surface area contributed by atoms with E-state index in [1.165, 1.54) is 13.2 Å². The van der Waals surface area contributed by atoms with Crippen LogP contribution in [-0.4, -0.2) is 18.2 Å². The number of hydrogen-bond donors (Lipinski definition) is 1. The second kappa shape index (κ2) is 5.77. The third kappa shape index (κ3) is 2.72. The molecule has 0 radical (unpaired) electrons. The van der Waals surface area contributed by atoms with Crippen LogP contribution in [0, 0.1) is 0 Å². The highest BCUT2D eigenvalue weighted by Gasteiger charge is 2.21. The first-order valence-corrected chi connectivity index (χ1v) is 6.75. The summed E-state index contributed by atoms with van der Waals surface area (Å²) in [6.07, 6.45) is 3.36. The van der Waals surface area contributed by atoms with Gasteiger partial charge in [-0.3, -0.25) is 0 Å². The Hall–Kier alpha value is -3.01. The average Bonchev–Trinajstić information content (AvgIpc) is 2.89. The summed E-state index contributed by atoms with van der Waals surface area (Å²) in [5, 5.41) is 9.78. The Morgan fingerprint density at radius 1 is 1.14 bits per heavy atom. The minimum absolute atomic E-state index is 0.0236. The summed E-state index contributed by atoms with van der Waals surface area (Å²) in [6.45, 7) is 0. The predicted octanol–water partition coefficient (Wildman–Crippen LogP) is 3.38. The van der Waals surface area contributed by atoms with E-state index < -0.39 is 5.97 Å². The van der Waals surface area contributed by atoms with Crippen LogP contribution in [0.15, 0.2) is 60.2 Å². The van der Waals surface area contributed by atoms with Gasteiger partial charge in [-0.1, -0.05) is 36.4 Å². The molecule has 1 N–H and O–H groups in total. The first-order valence-electron chi connectivity index (χ1n) is 6.75. The van der Waals surface area contributed by atoms with Crippen molar-refractivity contribution in [1.82, 2.24) is 0 Å². The summed E-state index contributed by atoms with van der Waals surface area (Å²) in [5.74, 6) is 0.524. The highest BCUT2D eigenvalue weighted by Crippen LogP contribution is 2.30. The van der Waals surface area contributed by atoms with Gasteiger partial charge in [0.25, 0.3) is 0 Å². The lowest BCUT2D eigenvalue weighted by Crippen LogP contribution is -1.97. The average molecular weight is 294 g/mol. The Morgan fingerprint density at radius 3 is 2.59 bits per heavy atom. The van der Waals surface area contributed by atoms with Gasteiger partial charge in [-0.15, -0.1) is 0 Å². The van der Waals surface area contributed by atoms with Crippen LogP contribution in [0.5, 0.6) is 11.5 Å². The van der Waals surface area contributed by atoms with E-state index in [1.54, 1.807) is 24.3 Å². The Bertz CT molecular complexity index is 773. The van der Waals surface area contributed by atoms with Gasteiger partial charge < -0.3 is 14.6 Å². The van der Waals surface area contributed by atoms with Crippen molar-refractivity contribution in [3.63, 3.8) is 0 Å². The first-order chi connectivity index (χ1) is 10.7. The minimum atomic E-state index is -0.408. The molecule has 1 heterocycles. The third-order valence-electron chi connectivity index (χ3n) is 3.31. The molecule has 0 unspecified atom stereocenters. The zero-order valence-corrected chi connectivity index (χ0v) is 11.9. The van der Waals surface area contributed by atoms with Crippen molar-refractivity contribution in [1.29, 1.82) is 0 Å². The van der Waals surface area contributed by atoms with E-state index in [0.29, 0.717) is 22.6 Å². The number of phenolic OH excluding ortho intramolecular Hbond substituents is 1. The number of aromatic hydroxyl groups is 1. The summed E-state index contributed by atoms with van der Waals surface area (Å²) in [7, 11) is 1.48. The van der Waals surface area contributed by atoms with Crippen LogP contribution in [0.25, 0.3) is 11.8 Å². The van der Waals surface area contributed by atoms with E-state index in [4.69, 9.17) is 9.47 Å². The second-order valence-electron chi connectivity index (χ2n) is 4.80. The maximum atomic E-state index is 11.9. The van der Waals surface area contributed by atoms with Crippen LogP contribution in [-0.2, 0) is 9.53 Å². The molecular formula is C18H14O4. The molecule has 0 amide bonds. The Morgan fingerprint density at radius 2 is 1.91 bits per heavy atom. The van der Waals surface area contributed by atoms with Gasteiger partial charge in [0.15, 0.2) is 11.5 Å². The summed E-state index contributed by atoms with van der Waals surface area (Å²) in [4.78, 5) is 11.9. The molecule has 4 heteroatoms. The molecule has 0 bridgehead atoms. The van der Waals surface area contributed by atoms with Crippen LogP contribution < -0.4 is 4.74 Å². The van der Waals surface area contributed by atoms with Crippen molar-refractivity contribution in [2.24, 2.45) is 0 Å². The molecule has 22 heavy (non-hydrogen) atoms. The van der Waals surface area contributed by atoms with E-state index in [0.717, 1.165) is 5.56 Å². The van der Waals surface area contributed by atoms with Crippen LogP contribution in [0.1, 0.15) is 11.1 Å². The molecule has 0 aliphatic carbocycles. The van der Waals surface area contributed by atoms with Gasteiger partial charge in [0.05, 0.1) is 12.7 Å². The Labute approximate surface area is 127 Å². The van der Waals surface area contributed by atoms with E-state index in [-0.39, 0.29) is 5.75 Å². The van der Waals surface area contributed by atoms with Crippen molar-refractivity contribution in [3.8, 4) is 11.5 Å². The summed E-state index contributed by atoms with van der Waals surface area (Å²) < 4.78 is 10.3. The number of methoxy groups -OCH3 is 1. The van der Waals surface area contributed by atoms with Gasteiger partial charge in [-0.05, 0) is 29.8 Å². The summed E-state index contributed by atoms with van der Waals surface area (Å²) in [5.41, 5.74) is 1.97. The molecule has 3 rings (SSSR count). The zero-order chi connectivity index (χ0) is 15.5. The van der Waals surface area contributed by atoms with E-state index in [1.807, 2.05) is 30.3 Å². The smallest absolute Gasteiger partial charge is 0.343 e. The molecule has 110 valence electrons. The number of hydrogen-bond acceptors (Lipinski definition) is 4. The molecule has 0 saturated heterocycles. The highest BCUT2D eigenvalue weighted by atomic mass is 16.5. The predicted molar refractivity (Wildman–Crippen MR) is 83.1 cm³/mol. The summed E-state index contributed by atoms with van der Waals surface area (Å²) in [6, 6.07) is 14.4. The van der Waals surface area contributed by atoms with E-state index in [2.05, 4.69) is 0 Å². The highest BCUT2D eigenvalue weighted by molar-refractivity contribution is 6.05. The number of carbonyl (C=O) groups is 1. The fraction of sp³-hybridized carbons (Fsp3) is 0.0556. The van der Waals surface area contributed by atoms with Crippen molar-refractivity contribution in [2.75, 3.05) is 7.11 Å². The molecule has 1 aliphatic rings. The third-order valence-corrected chi connectivity index (χ3v) is 3.31. The fourth-order valence-corrected chi connectivity index (χ4v) is 2.21. The zero-order valence-electron chi connectivity index (χ0n) is 11.9. The molecule has 2 aromatic rings. The molecule has 1 aliphatic heterocycles. The van der Waals surface area contributed by atoms with Gasteiger partial charge in [0.2, 0.25) is 0 Å². The molecule has 0 aromatic heterocycles. The molecule has 0 fully saturated rings. The van der Waals surface area contributed by atoms with Crippen LogP contribution in [0.3, 0.4) is 0 Å². The van der Waals surface area contributed by atoms with Gasteiger partial charge in [-0.2, -0.15) is 0 Å². The monoisotopic (exact) mass is 294 g/mol. The van der Waals surface area contributed by atoms with E-state index in [9.17, 15) is 9.90 Å². The van der Waals surface area contributed by atoms with Crippen molar-refractivity contribution in [2.45, 2.75) is 0 Å². The lowest BCUT2D eigenvalue weighted by atomic mass is 10.1. The van der Waals surface area contributed by atoms with Gasteiger partial charge >= 0.3 is 5.97 Å². The van der Waals surface area contributed by atoms with Crippen molar-refractivity contribution >= 4 is 17.8 Å². The quantitative estimate of drug-likeness (QED) is 0.696. The number of benzene rings is 2. The first kappa shape index (κ1) is 13.9. The second-order valence-corrected chi connectivity index (χ2v) is 4.80. The lowest BCUT2D eigenvalue weighted by molar-refractivity contribution is -0.130. The largest absolute Gasteiger partial charge is 0.504 e. The number of rotatable bonds is 3. The van der Waals surface area contributed by atoms with Crippen molar-refractivity contribution < 1.29 is 19.4 Å². The molecule has 0 saturated carbocycles. The summed E-state index contributed by atoms with van der Waals surface area (Å²) >= 11 is 0. The van der Waals surface area contributed by atoms with Gasteiger partial charge in [0.1, 0.15) is 5.76 Å². The minimum Gasteiger partial charge on any atom is -0.504 e. The number of cyclic esters (lactones) is 1. The van der Waals surface area contributed by atoms with Crippen LogP contribution >= 0.6 is 0 Å². The SMILES string of the molecule is COc1ccc(/C=C2\C=C(c3ccccc3)OC2=O)cc1O. The number of esters is 1. The lowest BCUT2D eigenvalue weighted by Gasteiger charge is -2.03. The molecule has 0 spiro atoms. The molecule has 2 aromatic carbocycles. The molecule has 0 atom stereocenters. The maximum absolute atomic E-state index is 11.9. The van der Waals surface area contributed by atoms with Crippen LogP contribution in [0.4, 0.5) is 0 Å². The standard InChI is InChI=1S/C18H14O4/c1-21-16-8-7-12(10-15(16)19)9-14-11-17(22-18(14)20)13-5-3-2-4-6-13/h2-11,19H,1H3/b14-9+. The Kier molecular flexibility index (Phi) is 3.66. The fourth-order valence-electron chi connectivity index (χ4n) is 2.21. The number of phenols is 1. The Balaban J connectivity index is 1.92. The van der Waals surface area contributed by atoms with Gasteiger partial charge in [-0.25, -0.2) is 4.79 Å². The van der Waals surface area contributed by atoms with Crippen molar-refractivity contribution in [3.05, 3.63) is 71.3 Å². The normalized spacial score (nSPS) is 15.6. The van der Waals surface area contributed by atoms with E-state index >= 15 is 0 Å². The topological polar surface area (TPSA) is 55.8 Å². The number of carbonyl (C=O) groups excluding carboxylic acids is 1. The molecular weight excluding hydrogens is 280 g/mol. The molecule has 4 nitrogen and oxygen atoms in total. The maximum Gasteiger partial charge on any atom is 0.343 e. The van der Waals surface area contributed by atoms with Gasteiger partial charge in [0, 0.05) is 5.56 Å². The number of ether oxygens (including phenoxy) is 2. The van der Waals surface area contributed by atoms with Crippen LogP contribution in [0.2, 0.25) is 0 Å².